The normalized spacial score (nSPS) is 12.4. The lowest BCUT2D eigenvalue weighted by molar-refractivity contribution is -0.121. The Balaban J connectivity index is 1.77. The first-order valence-corrected chi connectivity index (χ1v) is 9.98. The average Bonchev–Trinajstić information content (AvgIpc) is 3.10. The number of nitrogens with one attached hydrogen (secondary N) is 2. The number of hydrogen-bond donors (Lipinski definition) is 2. The zero-order chi connectivity index (χ0) is 19.2. The van der Waals surface area contributed by atoms with Crippen molar-refractivity contribution < 1.29 is 4.79 Å². The third kappa shape index (κ3) is 4.79. The number of aryl methyl sites for hydroxylation is 1. The smallest absolute Gasteiger partial charge is 0.220 e. The van der Waals surface area contributed by atoms with Crippen LogP contribution < -0.4 is 5.32 Å². The van der Waals surface area contributed by atoms with Gasteiger partial charge in [0, 0.05) is 30.1 Å². The number of fused-ring (bicyclic) bond motifs is 1. The number of hydrogen-bond acceptors (Lipinski definition) is 1. The fraction of sp³-hybridized carbons (Fsp3) is 0.375. The second kappa shape index (κ2) is 8.90. The number of aromatic amines is 1. The van der Waals surface area contributed by atoms with E-state index in [1.807, 2.05) is 30.3 Å². The van der Waals surface area contributed by atoms with Gasteiger partial charge in [0.25, 0.3) is 0 Å². The first-order chi connectivity index (χ1) is 13.1. The van der Waals surface area contributed by atoms with Crippen LogP contribution in [-0.2, 0) is 17.8 Å². The average molecular weight is 363 g/mol. The third-order valence-corrected chi connectivity index (χ3v) is 5.17. The lowest BCUT2D eigenvalue weighted by Crippen LogP contribution is -2.25. The summed E-state index contributed by atoms with van der Waals surface area (Å²) in [6.07, 6.45) is 4.64. The second-order valence-electron chi connectivity index (χ2n) is 7.73. The van der Waals surface area contributed by atoms with Crippen LogP contribution in [0.3, 0.4) is 0 Å². The molecule has 0 radical (unpaired) electrons. The van der Waals surface area contributed by atoms with E-state index in [9.17, 15) is 4.79 Å². The van der Waals surface area contributed by atoms with Crippen molar-refractivity contribution in [2.75, 3.05) is 0 Å². The van der Waals surface area contributed by atoms with Gasteiger partial charge >= 0.3 is 0 Å². The molecule has 0 aliphatic carbocycles. The predicted molar refractivity (Wildman–Crippen MR) is 113 cm³/mol. The van der Waals surface area contributed by atoms with Gasteiger partial charge in [0.15, 0.2) is 0 Å². The van der Waals surface area contributed by atoms with Crippen molar-refractivity contribution in [3.8, 4) is 0 Å². The molecule has 2 N–H and O–H groups in total. The van der Waals surface area contributed by atoms with Crippen LogP contribution in [0.15, 0.2) is 54.7 Å². The molecule has 0 aliphatic heterocycles. The van der Waals surface area contributed by atoms with Gasteiger partial charge in [-0.1, -0.05) is 69.3 Å². The molecule has 0 saturated carbocycles. The lowest BCUT2D eigenvalue weighted by atomic mass is 9.87. The Kier molecular flexibility index (Phi) is 6.33. The van der Waals surface area contributed by atoms with E-state index < -0.39 is 0 Å². The summed E-state index contributed by atoms with van der Waals surface area (Å²) in [5.41, 5.74) is 4.94. The highest BCUT2D eigenvalue weighted by atomic mass is 16.1. The number of carbonyl (C=O) groups excluding carboxylic acids is 1. The van der Waals surface area contributed by atoms with Crippen molar-refractivity contribution in [2.45, 2.75) is 52.5 Å². The summed E-state index contributed by atoms with van der Waals surface area (Å²) < 4.78 is 0. The van der Waals surface area contributed by atoms with E-state index in [1.54, 1.807) is 0 Å². The summed E-state index contributed by atoms with van der Waals surface area (Å²) in [4.78, 5) is 16.1. The summed E-state index contributed by atoms with van der Waals surface area (Å²) >= 11 is 0. The molecule has 3 aromatic rings. The molecule has 2 aromatic carbocycles. The molecule has 1 aromatic heterocycles. The number of rotatable bonds is 8. The molecule has 0 fully saturated rings. The van der Waals surface area contributed by atoms with Gasteiger partial charge in [0.1, 0.15) is 0 Å². The van der Waals surface area contributed by atoms with Crippen LogP contribution in [0.2, 0.25) is 0 Å². The first kappa shape index (κ1) is 19.2. The Morgan fingerprint density at radius 1 is 1.07 bits per heavy atom. The zero-order valence-electron chi connectivity index (χ0n) is 16.6. The van der Waals surface area contributed by atoms with Crippen LogP contribution in [0.5, 0.6) is 0 Å². The maximum absolute atomic E-state index is 12.6. The molecule has 3 nitrogen and oxygen atoms in total. The van der Waals surface area contributed by atoms with Crippen LogP contribution in [0.25, 0.3) is 10.9 Å². The molecule has 1 amide bonds. The molecule has 0 saturated heterocycles. The van der Waals surface area contributed by atoms with E-state index in [4.69, 9.17) is 0 Å². The Morgan fingerprint density at radius 2 is 1.85 bits per heavy atom. The SMILES string of the molecule is CCc1cccc2c(C(CC(=O)NCc3ccccc3)CC(C)C)c[nH]c12. The maximum Gasteiger partial charge on any atom is 0.220 e. The van der Waals surface area contributed by atoms with Crippen molar-refractivity contribution in [1.82, 2.24) is 10.3 Å². The summed E-state index contributed by atoms with van der Waals surface area (Å²) in [6, 6.07) is 16.5. The van der Waals surface area contributed by atoms with Gasteiger partial charge in [-0.2, -0.15) is 0 Å². The maximum atomic E-state index is 12.6. The fourth-order valence-electron chi connectivity index (χ4n) is 3.85. The van der Waals surface area contributed by atoms with Crippen LogP contribution in [0.1, 0.15) is 56.2 Å². The van der Waals surface area contributed by atoms with Crippen molar-refractivity contribution in [2.24, 2.45) is 5.92 Å². The number of carbonyl (C=O) groups is 1. The number of benzene rings is 2. The highest BCUT2D eigenvalue weighted by Crippen LogP contribution is 2.34. The molecule has 0 spiro atoms. The van der Waals surface area contributed by atoms with Crippen LogP contribution in [0.4, 0.5) is 0 Å². The molecule has 0 bridgehead atoms. The minimum Gasteiger partial charge on any atom is -0.361 e. The second-order valence-corrected chi connectivity index (χ2v) is 7.73. The first-order valence-electron chi connectivity index (χ1n) is 9.98. The molecule has 27 heavy (non-hydrogen) atoms. The van der Waals surface area contributed by atoms with Gasteiger partial charge in [0.2, 0.25) is 5.91 Å². The van der Waals surface area contributed by atoms with Crippen molar-refractivity contribution in [1.29, 1.82) is 0 Å². The number of amides is 1. The summed E-state index contributed by atoms with van der Waals surface area (Å²) in [5, 5.41) is 4.35. The zero-order valence-corrected chi connectivity index (χ0v) is 16.6. The molecule has 142 valence electrons. The molecule has 1 atom stereocenters. The minimum atomic E-state index is 0.116. The van der Waals surface area contributed by atoms with Crippen LogP contribution >= 0.6 is 0 Å². The van der Waals surface area contributed by atoms with E-state index in [2.05, 4.69) is 55.5 Å². The summed E-state index contributed by atoms with van der Waals surface area (Å²) in [7, 11) is 0. The molecule has 0 aliphatic rings. The van der Waals surface area contributed by atoms with E-state index in [0.717, 1.165) is 18.4 Å². The fourth-order valence-corrected chi connectivity index (χ4v) is 3.85. The summed E-state index contributed by atoms with van der Waals surface area (Å²) in [6.45, 7) is 7.21. The molecule has 3 heteroatoms. The van der Waals surface area contributed by atoms with Gasteiger partial charge in [0.05, 0.1) is 0 Å². The molecule has 1 heterocycles. The van der Waals surface area contributed by atoms with Gasteiger partial charge in [-0.3, -0.25) is 4.79 Å². The highest BCUT2D eigenvalue weighted by Gasteiger charge is 2.21. The monoisotopic (exact) mass is 362 g/mol. The Morgan fingerprint density at radius 3 is 2.56 bits per heavy atom. The number of para-hydroxylation sites is 1. The van der Waals surface area contributed by atoms with Crippen molar-refractivity contribution in [3.63, 3.8) is 0 Å². The Labute approximate surface area is 162 Å². The van der Waals surface area contributed by atoms with E-state index in [-0.39, 0.29) is 11.8 Å². The third-order valence-electron chi connectivity index (χ3n) is 5.17. The number of aromatic nitrogens is 1. The minimum absolute atomic E-state index is 0.116. The summed E-state index contributed by atoms with van der Waals surface area (Å²) in [5.74, 6) is 0.878. The van der Waals surface area contributed by atoms with E-state index in [1.165, 1.54) is 22.0 Å². The quantitative estimate of drug-likeness (QED) is 0.541. The van der Waals surface area contributed by atoms with Crippen molar-refractivity contribution in [3.05, 3.63) is 71.4 Å². The topological polar surface area (TPSA) is 44.9 Å². The molecule has 3 rings (SSSR count). The highest BCUT2D eigenvalue weighted by molar-refractivity contribution is 5.87. The predicted octanol–water partition coefficient (Wildman–Crippen LogP) is 5.57. The van der Waals surface area contributed by atoms with Crippen LogP contribution in [0, 0.1) is 5.92 Å². The lowest BCUT2D eigenvalue weighted by Gasteiger charge is -2.19. The van der Waals surface area contributed by atoms with Gasteiger partial charge in [-0.05, 0) is 41.4 Å². The standard InChI is InChI=1S/C24H30N2O/c1-4-19-11-8-12-21-22(16-26-24(19)21)20(13-17(2)3)14-23(27)25-15-18-9-6-5-7-10-18/h5-12,16-17,20,26H,4,13-15H2,1-3H3,(H,25,27). The van der Waals surface area contributed by atoms with Gasteiger partial charge in [-0.25, -0.2) is 0 Å². The number of H-pyrrole nitrogens is 1. The van der Waals surface area contributed by atoms with Gasteiger partial charge in [-0.15, -0.1) is 0 Å². The van der Waals surface area contributed by atoms with Crippen molar-refractivity contribution >= 4 is 16.8 Å². The van der Waals surface area contributed by atoms with Crippen LogP contribution in [-0.4, -0.2) is 10.9 Å². The largest absolute Gasteiger partial charge is 0.361 e. The Bertz CT molecular complexity index is 880. The van der Waals surface area contributed by atoms with E-state index in [0.29, 0.717) is 18.9 Å². The Hall–Kier alpha value is -2.55. The molecular weight excluding hydrogens is 332 g/mol. The van der Waals surface area contributed by atoms with Gasteiger partial charge < -0.3 is 10.3 Å². The molecule has 1 unspecified atom stereocenters. The van der Waals surface area contributed by atoms with E-state index >= 15 is 0 Å². The molecular formula is C24H30N2O.